The molecule has 0 spiro atoms. The number of rotatable bonds is 4. The first-order valence-corrected chi connectivity index (χ1v) is 10.9. The zero-order valence-corrected chi connectivity index (χ0v) is 16.4. The van der Waals surface area contributed by atoms with Crippen LogP contribution in [0.2, 0.25) is 0 Å². The average Bonchev–Trinajstić information content (AvgIpc) is 3.11. The molecule has 142 valence electrons. The molecule has 3 N–H and O–H groups in total. The molecule has 2 aliphatic rings. The van der Waals surface area contributed by atoms with Crippen molar-refractivity contribution >= 4 is 43.4 Å². The van der Waals surface area contributed by atoms with Crippen molar-refractivity contribution in [2.75, 3.05) is 36.5 Å². The maximum Gasteiger partial charge on any atom is 0.278 e. The van der Waals surface area contributed by atoms with Gasteiger partial charge in [-0.2, -0.15) is 0 Å². The predicted molar refractivity (Wildman–Crippen MR) is 110 cm³/mol. The molecule has 0 atom stereocenters. The van der Waals surface area contributed by atoms with Gasteiger partial charge in [0.2, 0.25) is 0 Å². The van der Waals surface area contributed by atoms with Crippen molar-refractivity contribution in [3.63, 3.8) is 0 Å². The molecule has 3 aromatic heterocycles. The van der Waals surface area contributed by atoms with E-state index in [-0.39, 0.29) is 6.61 Å². The van der Waals surface area contributed by atoms with Gasteiger partial charge in [0.25, 0.3) is 5.82 Å². The van der Waals surface area contributed by atoms with Gasteiger partial charge in [-0.15, -0.1) is 0 Å². The molecule has 27 heavy (non-hydrogen) atoms. The first kappa shape index (κ1) is 17.1. The summed E-state index contributed by atoms with van der Waals surface area (Å²) in [5.74, 6) is 2.18. The Kier molecular flexibility index (Phi) is 4.57. The van der Waals surface area contributed by atoms with E-state index < -0.39 is 0 Å². The molecule has 0 bridgehead atoms. The van der Waals surface area contributed by atoms with E-state index >= 15 is 0 Å². The number of hydrogen-bond donors (Lipinski definition) is 2. The predicted octanol–water partition coefficient (Wildman–Crippen LogP) is 2.93. The zero-order valence-electron chi connectivity index (χ0n) is 15.6. The van der Waals surface area contributed by atoms with Crippen LogP contribution in [0.25, 0.3) is 20.4 Å². The molecule has 0 saturated carbocycles. The highest BCUT2D eigenvalue weighted by atomic mass is 32.1. The highest BCUT2D eigenvalue weighted by molar-refractivity contribution is 7.25. The number of H-pyrrole nitrogens is 1. The fourth-order valence-electron chi connectivity index (χ4n) is 4.59. The van der Waals surface area contributed by atoms with Gasteiger partial charge in [0, 0.05) is 12.1 Å². The van der Waals surface area contributed by atoms with Crippen LogP contribution >= 0.6 is 11.3 Å². The molecule has 1 fully saturated rings. The molecule has 1 aliphatic carbocycles. The van der Waals surface area contributed by atoms with Gasteiger partial charge in [0.05, 0.1) is 30.6 Å². The Morgan fingerprint density at radius 2 is 1.89 bits per heavy atom. The number of pyridine rings is 1. The van der Waals surface area contributed by atoms with Crippen LogP contribution in [0, 0.1) is 0 Å². The smallest absolute Gasteiger partial charge is 0.278 e. The minimum absolute atomic E-state index is 0.0943. The molecular weight excluding hydrogens is 358 g/mol. The summed E-state index contributed by atoms with van der Waals surface area (Å²) in [5, 5.41) is 13.7. The first-order valence-electron chi connectivity index (χ1n) is 10.1. The van der Waals surface area contributed by atoms with Gasteiger partial charge in [-0.05, 0) is 50.5 Å². The molecule has 6 nitrogen and oxygen atoms in total. The molecule has 5 rings (SSSR count). The summed E-state index contributed by atoms with van der Waals surface area (Å²) < 4.78 is 1.08. The lowest BCUT2D eigenvalue weighted by atomic mass is 9.89. The molecular formula is C20H26N5OS+. The molecule has 0 amide bonds. The van der Waals surface area contributed by atoms with E-state index in [2.05, 4.69) is 25.2 Å². The maximum absolute atomic E-state index is 9.16. The van der Waals surface area contributed by atoms with Crippen LogP contribution in [0.4, 0.5) is 11.6 Å². The first-order chi connectivity index (χ1) is 13.4. The van der Waals surface area contributed by atoms with Crippen LogP contribution in [-0.2, 0) is 12.8 Å². The van der Waals surface area contributed by atoms with E-state index in [1.54, 1.807) is 17.7 Å². The number of aromatic nitrogens is 3. The average molecular weight is 385 g/mol. The highest BCUT2D eigenvalue weighted by Gasteiger charge is 2.30. The van der Waals surface area contributed by atoms with Crippen molar-refractivity contribution < 1.29 is 10.1 Å². The number of aliphatic hydroxyl groups excluding tert-OH is 1. The largest absolute Gasteiger partial charge is 0.395 e. The topological polar surface area (TPSA) is 75.4 Å². The standard InChI is InChI=1S/C20H25N5OS/c26-11-8-21-18-17-16(22-12-23-18)15-13-6-2-3-7-14(13)19(24-20(15)27-17)25-9-4-1-5-10-25/h12,26H,1-11H2,(H,21,22,23)/p+1. The van der Waals surface area contributed by atoms with Crippen molar-refractivity contribution in [1.82, 2.24) is 9.97 Å². The Morgan fingerprint density at radius 3 is 2.70 bits per heavy atom. The monoisotopic (exact) mass is 384 g/mol. The second-order valence-corrected chi connectivity index (χ2v) is 8.56. The van der Waals surface area contributed by atoms with Crippen molar-refractivity contribution in [2.24, 2.45) is 0 Å². The molecule has 1 saturated heterocycles. The lowest BCUT2D eigenvalue weighted by Gasteiger charge is -2.25. The molecule has 3 aromatic rings. The summed E-state index contributed by atoms with van der Waals surface area (Å²) in [7, 11) is 0. The quantitative estimate of drug-likeness (QED) is 0.723. The molecule has 0 aromatic carbocycles. The summed E-state index contributed by atoms with van der Waals surface area (Å²) in [5.41, 5.74) is 4.05. The van der Waals surface area contributed by atoms with Crippen molar-refractivity contribution in [1.29, 1.82) is 0 Å². The molecule has 0 unspecified atom stereocenters. The number of aryl methyl sites for hydroxylation is 1. The summed E-state index contributed by atoms with van der Waals surface area (Å²) in [6, 6.07) is 0. The highest BCUT2D eigenvalue weighted by Crippen LogP contribution is 2.41. The minimum atomic E-state index is 0.0943. The maximum atomic E-state index is 9.16. The van der Waals surface area contributed by atoms with E-state index in [1.165, 1.54) is 59.3 Å². The van der Waals surface area contributed by atoms with Gasteiger partial charge in [-0.3, -0.25) is 4.90 Å². The number of aliphatic hydroxyl groups is 1. The zero-order chi connectivity index (χ0) is 18.2. The van der Waals surface area contributed by atoms with Gasteiger partial charge < -0.3 is 10.4 Å². The van der Waals surface area contributed by atoms with Gasteiger partial charge in [-0.25, -0.2) is 15.0 Å². The number of anilines is 2. The summed E-state index contributed by atoms with van der Waals surface area (Å²) in [6.07, 6.45) is 10.4. The summed E-state index contributed by atoms with van der Waals surface area (Å²) in [6.45, 7) is 2.91. The van der Waals surface area contributed by atoms with Gasteiger partial charge in [0.1, 0.15) is 16.8 Å². The van der Waals surface area contributed by atoms with Gasteiger partial charge >= 0.3 is 0 Å². The normalized spacial score (nSPS) is 17.4. The SMILES string of the molecule is OCCNc1ncnc2c1sc1[nH+]c(N3CCCCC3)c3c(c12)CCCC3. The minimum Gasteiger partial charge on any atom is -0.395 e. The second kappa shape index (κ2) is 7.20. The lowest BCUT2D eigenvalue weighted by molar-refractivity contribution is -0.328. The van der Waals surface area contributed by atoms with Crippen molar-refractivity contribution in [3.8, 4) is 0 Å². The Bertz CT molecular complexity index is 980. The second-order valence-electron chi connectivity index (χ2n) is 7.54. The molecule has 4 heterocycles. The Hall–Kier alpha value is -1.99. The Labute approximate surface area is 162 Å². The van der Waals surface area contributed by atoms with Gasteiger partial charge in [-0.1, -0.05) is 11.3 Å². The van der Waals surface area contributed by atoms with Crippen molar-refractivity contribution in [3.05, 3.63) is 17.5 Å². The van der Waals surface area contributed by atoms with Crippen LogP contribution < -0.4 is 15.2 Å². The van der Waals surface area contributed by atoms with Crippen LogP contribution in [-0.4, -0.2) is 41.3 Å². The number of nitrogens with zero attached hydrogens (tertiary/aromatic N) is 3. The fourth-order valence-corrected chi connectivity index (χ4v) is 5.74. The fraction of sp³-hybridized carbons (Fsp3) is 0.550. The third-order valence-corrected chi connectivity index (χ3v) is 6.94. The number of fused-ring (bicyclic) bond motifs is 5. The van der Waals surface area contributed by atoms with E-state index in [9.17, 15) is 0 Å². The summed E-state index contributed by atoms with van der Waals surface area (Å²) in [4.78, 5) is 16.6. The Balaban J connectivity index is 1.73. The van der Waals surface area contributed by atoms with E-state index in [0.717, 1.165) is 42.0 Å². The van der Waals surface area contributed by atoms with Crippen LogP contribution in [0.5, 0.6) is 0 Å². The third kappa shape index (κ3) is 2.93. The van der Waals surface area contributed by atoms with Crippen LogP contribution in [0.3, 0.4) is 0 Å². The Morgan fingerprint density at radius 1 is 1.07 bits per heavy atom. The van der Waals surface area contributed by atoms with Crippen LogP contribution in [0.15, 0.2) is 6.33 Å². The van der Waals surface area contributed by atoms with E-state index in [1.807, 2.05) is 0 Å². The number of thiophene rings is 1. The van der Waals surface area contributed by atoms with E-state index in [0.29, 0.717) is 6.54 Å². The molecule has 0 radical (unpaired) electrons. The van der Waals surface area contributed by atoms with E-state index in [4.69, 9.17) is 5.11 Å². The number of aromatic amines is 1. The summed E-state index contributed by atoms with van der Waals surface area (Å²) >= 11 is 1.74. The van der Waals surface area contributed by atoms with Gasteiger partial charge in [0.15, 0.2) is 4.83 Å². The third-order valence-electron chi connectivity index (χ3n) is 5.84. The number of piperidine rings is 1. The molecule has 1 aliphatic heterocycles. The lowest BCUT2D eigenvalue weighted by Crippen LogP contribution is -2.36. The van der Waals surface area contributed by atoms with Crippen LogP contribution in [0.1, 0.15) is 43.2 Å². The molecule has 7 heteroatoms. The number of nitrogens with one attached hydrogen (secondary N) is 2. The van der Waals surface area contributed by atoms with Crippen molar-refractivity contribution in [2.45, 2.75) is 44.9 Å². The number of hydrogen-bond acceptors (Lipinski definition) is 6.